The van der Waals surface area contributed by atoms with Crippen molar-refractivity contribution in [3.63, 3.8) is 0 Å². The van der Waals surface area contributed by atoms with Crippen LogP contribution in [0.5, 0.6) is 5.75 Å². The maximum absolute atomic E-state index is 6.26. The molecule has 0 N–H and O–H groups in total. The van der Waals surface area contributed by atoms with Gasteiger partial charge in [-0.2, -0.15) is 0 Å². The van der Waals surface area contributed by atoms with E-state index in [1.54, 1.807) is 0 Å². The SMILES string of the molecule is Cc1cc(C)c(B2OC(C)(C)C(C)(C)O2)c(OCc2ccccc2)c1. The molecule has 3 rings (SSSR count). The van der Waals surface area contributed by atoms with E-state index >= 15 is 0 Å². The molecule has 0 spiro atoms. The molecule has 1 saturated heterocycles. The Kier molecular flexibility index (Phi) is 4.69. The molecule has 1 aliphatic heterocycles. The molecule has 132 valence electrons. The molecule has 0 unspecified atom stereocenters. The van der Waals surface area contributed by atoms with Crippen molar-refractivity contribution in [2.24, 2.45) is 0 Å². The number of benzene rings is 2. The summed E-state index contributed by atoms with van der Waals surface area (Å²) in [5, 5.41) is 0. The third-order valence-electron chi connectivity index (χ3n) is 5.22. The summed E-state index contributed by atoms with van der Waals surface area (Å²) in [4.78, 5) is 0. The van der Waals surface area contributed by atoms with Crippen LogP contribution in [0.15, 0.2) is 42.5 Å². The molecule has 2 aromatic rings. The third-order valence-corrected chi connectivity index (χ3v) is 5.22. The average molecular weight is 338 g/mol. The lowest BCUT2D eigenvalue weighted by molar-refractivity contribution is 0.00578. The quantitative estimate of drug-likeness (QED) is 0.783. The van der Waals surface area contributed by atoms with Crippen molar-refractivity contribution in [3.05, 3.63) is 59.2 Å². The van der Waals surface area contributed by atoms with E-state index in [0.717, 1.165) is 22.3 Å². The Morgan fingerprint density at radius 2 is 1.52 bits per heavy atom. The number of hydrogen-bond acceptors (Lipinski definition) is 3. The summed E-state index contributed by atoms with van der Waals surface area (Å²) < 4.78 is 18.7. The molecular weight excluding hydrogens is 311 g/mol. The van der Waals surface area contributed by atoms with Gasteiger partial charge in [-0.05, 0) is 64.3 Å². The van der Waals surface area contributed by atoms with Crippen LogP contribution in [0.3, 0.4) is 0 Å². The van der Waals surface area contributed by atoms with Crippen LogP contribution in [0.1, 0.15) is 44.4 Å². The van der Waals surface area contributed by atoms with E-state index in [0.29, 0.717) is 6.61 Å². The molecule has 0 aromatic heterocycles. The standard InChI is InChI=1S/C21H27BO3/c1-15-12-16(2)19(22-24-20(3,4)21(5,6)25-22)18(13-15)23-14-17-10-8-7-9-11-17/h7-13H,14H2,1-6H3. The van der Waals surface area contributed by atoms with Gasteiger partial charge >= 0.3 is 7.12 Å². The molecule has 2 aromatic carbocycles. The second-order valence-corrected chi connectivity index (χ2v) is 7.86. The number of ether oxygens (including phenoxy) is 1. The zero-order valence-corrected chi connectivity index (χ0v) is 16.1. The highest BCUT2D eigenvalue weighted by Gasteiger charge is 2.52. The minimum absolute atomic E-state index is 0.369. The van der Waals surface area contributed by atoms with E-state index in [4.69, 9.17) is 14.0 Å². The summed E-state index contributed by atoms with van der Waals surface area (Å²) in [7, 11) is -0.420. The first-order chi connectivity index (χ1) is 11.7. The molecule has 0 amide bonds. The van der Waals surface area contributed by atoms with Crippen molar-refractivity contribution >= 4 is 12.6 Å². The molecule has 0 saturated carbocycles. The van der Waals surface area contributed by atoms with Crippen LogP contribution in [-0.4, -0.2) is 18.3 Å². The summed E-state index contributed by atoms with van der Waals surface area (Å²) >= 11 is 0. The molecule has 0 aliphatic carbocycles. The maximum atomic E-state index is 6.26. The summed E-state index contributed by atoms with van der Waals surface area (Å²) in [6.45, 7) is 13.0. The fourth-order valence-corrected chi connectivity index (χ4v) is 3.06. The van der Waals surface area contributed by atoms with E-state index < -0.39 is 7.12 Å². The van der Waals surface area contributed by atoms with Crippen molar-refractivity contribution in [2.45, 2.75) is 59.4 Å². The van der Waals surface area contributed by atoms with Crippen LogP contribution in [0.25, 0.3) is 0 Å². The van der Waals surface area contributed by atoms with E-state index in [2.05, 4.69) is 65.8 Å². The van der Waals surface area contributed by atoms with E-state index in [1.165, 1.54) is 5.56 Å². The molecular formula is C21H27BO3. The van der Waals surface area contributed by atoms with Gasteiger partial charge in [-0.25, -0.2) is 0 Å². The van der Waals surface area contributed by atoms with E-state index in [1.807, 2.05) is 18.2 Å². The monoisotopic (exact) mass is 338 g/mol. The first-order valence-electron chi connectivity index (χ1n) is 8.83. The summed E-state index contributed by atoms with van der Waals surface area (Å²) in [6, 6.07) is 14.4. The van der Waals surface area contributed by atoms with Crippen molar-refractivity contribution in [3.8, 4) is 5.75 Å². The fraction of sp³-hybridized carbons (Fsp3) is 0.429. The fourth-order valence-electron chi connectivity index (χ4n) is 3.06. The molecule has 3 nitrogen and oxygen atoms in total. The lowest BCUT2D eigenvalue weighted by Crippen LogP contribution is -2.41. The normalized spacial score (nSPS) is 18.4. The smallest absolute Gasteiger partial charge is 0.489 e. The minimum Gasteiger partial charge on any atom is -0.489 e. The molecule has 0 atom stereocenters. The summed E-state index contributed by atoms with van der Waals surface area (Å²) in [6.07, 6.45) is 0. The second-order valence-electron chi connectivity index (χ2n) is 7.86. The Hall–Kier alpha value is -1.78. The van der Waals surface area contributed by atoms with Crippen LogP contribution in [0.2, 0.25) is 0 Å². The zero-order valence-electron chi connectivity index (χ0n) is 16.1. The van der Waals surface area contributed by atoms with Crippen molar-refractivity contribution in [1.29, 1.82) is 0 Å². The van der Waals surface area contributed by atoms with Gasteiger partial charge in [-0.15, -0.1) is 0 Å². The van der Waals surface area contributed by atoms with Crippen LogP contribution in [0, 0.1) is 13.8 Å². The highest BCUT2D eigenvalue weighted by Crippen LogP contribution is 2.37. The predicted octanol–water partition coefficient (Wildman–Crippen LogP) is 4.18. The third kappa shape index (κ3) is 3.60. The zero-order chi connectivity index (χ0) is 18.2. The molecule has 0 bridgehead atoms. The van der Waals surface area contributed by atoms with Crippen LogP contribution >= 0.6 is 0 Å². The number of aryl methyl sites for hydroxylation is 2. The van der Waals surface area contributed by atoms with Crippen LogP contribution in [-0.2, 0) is 15.9 Å². The largest absolute Gasteiger partial charge is 0.498 e. The van der Waals surface area contributed by atoms with Gasteiger partial charge in [0.1, 0.15) is 12.4 Å². The van der Waals surface area contributed by atoms with E-state index in [9.17, 15) is 0 Å². The summed E-state index contributed by atoms with van der Waals surface area (Å²) in [5.41, 5.74) is 3.68. The molecule has 4 heteroatoms. The molecule has 25 heavy (non-hydrogen) atoms. The average Bonchev–Trinajstić information content (AvgIpc) is 2.73. The van der Waals surface area contributed by atoms with Gasteiger partial charge in [0.25, 0.3) is 0 Å². The van der Waals surface area contributed by atoms with Crippen molar-refractivity contribution < 1.29 is 14.0 Å². The highest BCUT2D eigenvalue weighted by molar-refractivity contribution is 6.63. The number of rotatable bonds is 4. The Morgan fingerprint density at radius 1 is 0.920 bits per heavy atom. The van der Waals surface area contributed by atoms with Crippen molar-refractivity contribution in [2.75, 3.05) is 0 Å². The topological polar surface area (TPSA) is 27.7 Å². The molecule has 1 aliphatic rings. The second kappa shape index (κ2) is 6.51. The van der Waals surface area contributed by atoms with Gasteiger partial charge in [0.05, 0.1) is 11.2 Å². The van der Waals surface area contributed by atoms with Gasteiger partial charge in [0.2, 0.25) is 0 Å². The minimum atomic E-state index is -0.420. The molecule has 1 heterocycles. The van der Waals surface area contributed by atoms with E-state index in [-0.39, 0.29) is 11.2 Å². The van der Waals surface area contributed by atoms with Gasteiger partial charge in [0, 0.05) is 5.46 Å². The van der Waals surface area contributed by atoms with Gasteiger partial charge in [-0.1, -0.05) is 36.4 Å². The lowest BCUT2D eigenvalue weighted by atomic mass is 9.75. The maximum Gasteiger partial charge on any atom is 0.498 e. The molecule has 0 radical (unpaired) electrons. The first kappa shape index (κ1) is 18.0. The Morgan fingerprint density at radius 3 is 2.12 bits per heavy atom. The highest BCUT2D eigenvalue weighted by atomic mass is 16.7. The van der Waals surface area contributed by atoms with Crippen molar-refractivity contribution in [1.82, 2.24) is 0 Å². The van der Waals surface area contributed by atoms with Gasteiger partial charge in [-0.3, -0.25) is 0 Å². The molecule has 1 fully saturated rings. The Balaban J connectivity index is 1.91. The predicted molar refractivity (Wildman–Crippen MR) is 102 cm³/mol. The van der Waals surface area contributed by atoms with Crippen LogP contribution < -0.4 is 10.2 Å². The number of hydrogen-bond donors (Lipinski definition) is 0. The Labute approximate surface area is 151 Å². The first-order valence-corrected chi connectivity index (χ1v) is 8.83. The van der Waals surface area contributed by atoms with Gasteiger partial charge < -0.3 is 14.0 Å². The summed E-state index contributed by atoms with van der Waals surface area (Å²) in [5.74, 6) is 0.833. The Bertz CT molecular complexity index is 737. The van der Waals surface area contributed by atoms with Crippen LogP contribution in [0.4, 0.5) is 0 Å². The van der Waals surface area contributed by atoms with Gasteiger partial charge in [0.15, 0.2) is 0 Å². The lowest BCUT2D eigenvalue weighted by Gasteiger charge is -2.32.